The molecule has 0 saturated carbocycles. The van der Waals surface area contributed by atoms with E-state index in [0.717, 1.165) is 9.35 Å². The number of hydrogen-bond donors (Lipinski definition) is 1. The molecule has 3 nitrogen and oxygen atoms in total. The summed E-state index contributed by atoms with van der Waals surface area (Å²) in [7, 11) is 0. The van der Waals surface area contributed by atoms with Crippen molar-refractivity contribution in [3.8, 4) is 0 Å². The molecule has 98 valence electrons. The summed E-state index contributed by atoms with van der Waals surface area (Å²) in [6.45, 7) is 7.16. The number of nitrogens with two attached hydrogens (primary N) is 1. The predicted octanol–water partition coefficient (Wildman–Crippen LogP) is 3.34. The van der Waals surface area contributed by atoms with Gasteiger partial charge in [0.1, 0.15) is 6.10 Å². The Bertz CT molecular complexity index is 328. The zero-order valence-corrected chi connectivity index (χ0v) is 12.9. The average Bonchev–Trinajstić information content (AvgIpc) is 2.63. The first-order valence-corrected chi connectivity index (χ1v) is 7.40. The highest BCUT2D eigenvalue weighted by Gasteiger charge is 2.18. The van der Waals surface area contributed by atoms with Gasteiger partial charge in [-0.15, -0.1) is 11.3 Å². The monoisotopic (exact) mass is 321 g/mol. The van der Waals surface area contributed by atoms with Crippen LogP contribution in [0.2, 0.25) is 0 Å². The fourth-order valence-corrected chi connectivity index (χ4v) is 3.04. The van der Waals surface area contributed by atoms with E-state index in [2.05, 4.69) is 22.0 Å². The van der Waals surface area contributed by atoms with Crippen LogP contribution in [0.4, 0.5) is 0 Å². The number of thiophene rings is 1. The third-order valence-electron chi connectivity index (χ3n) is 2.18. The van der Waals surface area contributed by atoms with Crippen molar-refractivity contribution in [1.29, 1.82) is 0 Å². The first-order chi connectivity index (χ1) is 8.00. The van der Waals surface area contributed by atoms with E-state index in [1.807, 2.05) is 26.2 Å². The molecule has 0 bridgehead atoms. The number of halogens is 1. The van der Waals surface area contributed by atoms with Crippen molar-refractivity contribution in [3.05, 3.63) is 20.8 Å². The maximum atomic E-state index is 5.95. The lowest BCUT2D eigenvalue weighted by molar-refractivity contribution is -0.0188. The summed E-state index contributed by atoms with van der Waals surface area (Å²) in [6.07, 6.45) is 0.185. The Labute approximate surface area is 115 Å². The fraction of sp³-hybridized carbons (Fsp3) is 0.667. The van der Waals surface area contributed by atoms with E-state index in [0.29, 0.717) is 13.2 Å². The van der Waals surface area contributed by atoms with Gasteiger partial charge in [0, 0.05) is 20.8 Å². The van der Waals surface area contributed by atoms with Crippen LogP contribution in [0.25, 0.3) is 0 Å². The molecule has 1 heterocycles. The molecule has 0 amide bonds. The minimum absolute atomic E-state index is 0.0281. The lowest BCUT2D eigenvalue weighted by atomic mass is 10.1. The van der Waals surface area contributed by atoms with Crippen LogP contribution in [-0.4, -0.2) is 25.4 Å². The van der Waals surface area contributed by atoms with Crippen molar-refractivity contribution in [2.75, 3.05) is 13.2 Å². The van der Waals surface area contributed by atoms with Crippen LogP contribution in [0.3, 0.4) is 0 Å². The van der Waals surface area contributed by atoms with Gasteiger partial charge in [0.05, 0.1) is 19.3 Å². The zero-order valence-electron chi connectivity index (χ0n) is 10.5. The molecule has 2 unspecified atom stereocenters. The van der Waals surface area contributed by atoms with Gasteiger partial charge in [0.15, 0.2) is 0 Å². The van der Waals surface area contributed by atoms with Crippen molar-refractivity contribution in [3.63, 3.8) is 0 Å². The molecule has 17 heavy (non-hydrogen) atoms. The molecular weight excluding hydrogens is 302 g/mol. The first kappa shape index (κ1) is 15.1. The molecule has 0 aromatic carbocycles. The van der Waals surface area contributed by atoms with Crippen molar-refractivity contribution < 1.29 is 9.47 Å². The van der Waals surface area contributed by atoms with E-state index in [-0.39, 0.29) is 18.2 Å². The third-order valence-corrected chi connectivity index (χ3v) is 3.93. The summed E-state index contributed by atoms with van der Waals surface area (Å²) < 4.78 is 12.3. The van der Waals surface area contributed by atoms with Gasteiger partial charge in [-0.2, -0.15) is 0 Å². The molecule has 0 fully saturated rings. The molecule has 1 aromatic rings. The lowest BCUT2D eigenvalue weighted by Crippen LogP contribution is -2.27. The maximum absolute atomic E-state index is 5.95. The summed E-state index contributed by atoms with van der Waals surface area (Å²) in [5.41, 5.74) is 5.95. The summed E-state index contributed by atoms with van der Waals surface area (Å²) in [4.78, 5) is 1.15. The molecule has 0 aliphatic rings. The highest BCUT2D eigenvalue weighted by atomic mass is 79.9. The topological polar surface area (TPSA) is 44.5 Å². The van der Waals surface area contributed by atoms with Crippen molar-refractivity contribution in [2.24, 2.45) is 5.73 Å². The minimum Gasteiger partial charge on any atom is -0.376 e. The smallest absolute Gasteiger partial charge is 0.107 e. The standard InChI is InChI=1S/C12H20BrNO2S/c1-8(2)15-4-5-16-12(9(3)14)11-6-10(13)7-17-11/h6-9,12H,4-5,14H2,1-3H3. The Balaban J connectivity index is 2.44. The van der Waals surface area contributed by atoms with E-state index in [4.69, 9.17) is 15.2 Å². The Kier molecular flexibility index (Phi) is 6.66. The third kappa shape index (κ3) is 5.48. The van der Waals surface area contributed by atoms with E-state index in [9.17, 15) is 0 Å². The van der Waals surface area contributed by atoms with Crippen LogP contribution >= 0.6 is 27.3 Å². The van der Waals surface area contributed by atoms with E-state index < -0.39 is 0 Å². The van der Waals surface area contributed by atoms with Crippen LogP contribution < -0.4 is 5.73 Å². The van der Waals surface area contributed by atoms with Gasteiger partial charge in [0.2, 0.25) is 0 Å². The molecule has 0 radical (unpaired) electrons. The SMILES string of the molecule is CC(C)OCCOC(c1cc(Br)cs1)C(C)N. The van der Waals surface area contributed by atoms with Crippen LogP contribution in [-0.2, 0) is 9.47 Å². The van der Waals surface area contributed by atoms with Crippen molar-refractivity contribution in [2.45, 2.75) is 39.0 Å². The van der Waals surface area contributed by atoms with Crippen molar-refractivity contribution in [1.82, 2.24) is 0 Å². The summed E-state index contributed by atoms with van der Waals surface area (Å²) in [6, 6.07) is 2.03. The van der Waals surface area contributed by atoms with Crippen molar-refractivity contribution >= 4 is 27.3 Å². The zero-order chi connectivity index (χ0) is 12.8. The minimum atomic E-state index is -0.0536. The molecule has 0 aliphatic heterocycles. The predicted molar refractivity (Wildman–Crippen MR) is 75.4 cm³/mol. The van der Waals surface area contributed by atoms with Crippen LogP contribution in [0.15, 0.2) is 15.9 Å². The molecule has 2 N–H and O–H groups in total. The van der Waals surface area contributed by atoms with Gasteiger partial charge in [-0.05, 0) is 42.8 Å². The Morgan fingerprint density at radius 1 is 1.29 bits per heavy atom. The van der Waals surface area contributed by atoms with E-state index >= 15 is 0 Å². The van der Waals surface area contributed by atoms with Gasteiger partial charge < -0.3 is 15.2 Å². The molecular formula is C12H20BrNO2S. The van der Waals surface area contributed by atoms with Crippen LogP contribution in [0, 0.1) is 0 Å². The second-order valence-electron chi connectivity index (χ2n) is 4.24. The second kappa shape index (κ2) is 7.48. The molecule has 0 saturated heterocycles. The van der Waals surface area contributed by atoms with Gasteiger partial charge in [-0.1, -0.05) is 0 Å². The quantitative estimate of drug-likeness (QED) is 0.783. The number of rotatable bonds is 7. The van der Waals surface area contributed by atoms with E-state index in [1.165, 1.54) is 0 Å². The molecule has 0 aliphatic carbocycles. The van der Waals surface area contributed by atoms with E-state index in [1.54, 1.807) is 11.3 Å². The number of hydrogen-bond acceptors (Lipinski definition) is 4. The van der Waals surface area contributed by atoms with Crippen LogP contribution in [0.1, 0.15) is 31.8 Å². The van der Waals surface area contributed by atoms with Gasteiger partial charge in [-0.3, -0.25) is 0 Å². The molecule has 5 heteroatoms. The van der Waals surface area contributed by atoms with Gasteiger partial charge in [-0.25, -0.2) is 0 Å². The average molecular weight is 322 g/mol. The molecule has 2 atom stereocenters. The highest BCUT2D eigenvalue weighted by Crippen LogP contribution is 2.29. The largest absolute Gasteiger partial charge is 0.376 e. The Morgan fingerprint density at radius 2 is 1.94 bits per heavy atom. The molecule has 0 spiro atoms. The summed E-state index contributed by atoms with van der Waals surface area (Å²) >= 11 is 5.10. The van der Waals surface area contributed by atoms with Gasteiger partial charge >= 0.3 is 0 Å². The molecule has 1 rings (SSSR count). The highest BCUT2D eigenvalue weighted by molar-refractivity contribution is 9.10. The normalized spacial score (nSPS) is 15.2. The lowest BCUT2D eigenvalue weighted by Gasteiger charge is -2.20. The fourth-order valence-electron chi connectivity index (χ4n) is 1.43. The number of ether oxygens (including phenoxy) is 2. The Hall–Kier alpha value is 0.0600. The van der Waals surface area contributed by atoms with Crippen LogP contribution in [0.5, 0.6) is 0 Å². The maximum Gasteiger partial charge on any atom is 0.107 e. The summed E-state index contributed by atoms with van der Waals surface area (Å²) in [5, 5.41) is 2.04. The Morgan fingerprint density at radius 3 is 2.41 bits per heavy atom. The summed E-state index contributed by atoms with van der Waals surface area (Å²) in [5.74, 6) is 0. The molecule has 1 aromatic heterocycles. The second-order valence-corrected chi connectivity index (χ2v) is 6.10. The first-order valence-electron chi connectivity index (χ1n) is 5.73. The van der Waals surface area contributed by atoms with Gasteiger partial charge in [0.25, 0.3) is 0 Å².